The van der Waals surface area contributed by atoms with E-state index in [2.05, 4.69) is 32.3 Å². The van der Waals surface area contributed by atoms with E-state index in [1.807, 2.05) is 6.07 Å². The minimum atomic E-state index is -0.201. The lowest BCUT2D eigenvalue weighted by atomic mass is 10.3. The summed E-state index contributed by atoms with van der Waals surface area (Å²) in [6.07, 6.45) is 0.945. The van der Waals surface area contributed by atoms with Gasteiger partial charge in [0.05, 0.1) is 21.5 Å². The third-order valence-electron chi connectivity index (χ3n) is 3.19. The van der Waals surface area contributed by atoms with Crippen molar-refractivity contribution in [1.29, 1.82) is 0 Å². The molecule has 0 aliphatic rings. The monoisotopic (exact) mass is 444 g/mol. The normalized spacial score (nSPS) is 10.7. The molecule has 2 heterocycles. The van der Waals surface area contributed by atoms with E-state index >= 15 is 0 Å². The van der Waals surface area contributed by atoms with Crippen LogP contribution >= 0.6 is 57.6 Å². The first-order valence-electron chi connectivity index (χ1n) is 7.58. The molecule has 0 radical (unpaired) electrons. The molecule has 26 heavy (non-hydrogen) atoms. The first-order valence-corrected chi connectivity index (χ1v) is 11.0. The number of para-hydroxylation sites is 1. The number of thioether (sulfide) groups is 1. The molecule has 10 heteroatoms. The highest BCUT2D eigenvalue weighted by Crippen LogP contribution is 2.30. The molecular formula is C16H14Cl2N4OS3. The van der Waals surface area contributed by atoms with Gasteiger partial charge in [0.1, 0.15) is 0 Å². The molecule has 1 amide bonds. The maximum Gasteiger partial charge on any atom is 0.234 e. The average Bonchev–Trinajstić information content (AvgIpc) is 3.29. The molecule has 0 aliphatic carbocycles. The van der Waals surface area contributed by atoms with Crippen LogP contribution in [0.1, 0.15) is 4.88 Å². The van der Waals surface area contributed by atoms with E-state index in [4.69, 9.17) is 23.2 Å². The summed E-state index contributed by atoms with van der Waals surface area (Å²) >= 11 is 16.6. The summed E-state index contributed by atoms with van der Waals surface area (Å²) < 4.78 is 0.726. The Morgan fingerprint density at radius 1 is 1.15 bits per heavy atom. The van der Waals surface area contributed by atoms with E-state index in [0.29, 0.717) is 15.7 Å². The fraction of sp³-hybridized carbons (Fsp3) is 0.188. The van der Waals surface area contributed by atoms with Crippen LogP contribution in [0.5, 0.6) is 0 Å². The van der Waals surface area contributed by atoms with Crippen molar-refractivity contribution in [2.75, 3.05) is 22.9 Å². The summed E-state index contributed by atoms with van der Waals surface area (Å²) in [5.41, 5.74) is 0.426. The van der Waals surface area contributed by atoms with Crippen LogP contribution in [-0.2, 0) is 11.2 Å². The molecule has 5 nitrogen and oxygen atoms in total. The zero-order chi connectivity index (χ0) is 18.4. The van der Waals surface area contributed by atoms with Gasteiger partial charge in [0.15, 0.2) is 4.34 Å². The third kappa shape index (κ3) is 5.59. The lowest BCUT2D eigenvalue weighted by molar-refractivity contribution is -0.113. The summed E-state index contributed by atoms with van der Waals surface area (Å²) in [7, 11) is 0. The summed E-state index contributed by atoms with van der Waals surface area (Å²) in [4.78, 5) is 13.4. The molecule has 0 spiro atoms. The Hall–Kier alpha value is -1.32. The highest BCUT2D eigenvalue weighted by molar-refractivity contribution is 8.01. The van der Waals surface area contributed by atoms with Crippen molar-refractivity contribution in [2.24, 2.45) is 0 Å². The van der Waals surface area contributed by atoms with Crippen LogP contribution in [0.4, 0.5) is 10.8 Å². The molecule has 2 N–H and O–H groups in total. The van der Waals surface area contributed by atoms with Crippen LogP contribution in [0.2, 0.25) is 10.0 Å². The van der Waals surface area contributed by atoms with E-state index in [1.54, 1.807) is 29.5 Å². The molecule has 0 aliphatic heterocycles. The smallest absolute Gasteiger partial charge is 0.234 e. The molecular weight excluding hydrogens is 431 g/mol. The first kappa shape index (κ1) is 19.4. The molecule has 0 saturated carbocycles. The van der Waals surface area contributed by atoms with Gasteiger partial charge in [-0.2, -0.15) is 0 Å². The molecule has 136 valence electrons. The number of halogens is 2. The zero-order valence-corrected chi connectivity index (χ0v) is 17.3. The topological polar surface area (TPSA) is 66.9 Å². The van der Waals surface area contributed by atoms with Gasteiger partial charge in [-0.25, -0.2) is 0 Å². The second kappa shape index (κ2) is 9.57. The van der Waals surface area contributed by atoms with Gasteiger partial charge in [0.2, 0.25) is 11.0 Å². The minimum Gasteiger partial charge on any atom is -0.360 e. The molecule has 0 fully saturated rings. The van der Waals surface area contributed by atoms with Crippen molar-refractivity contribution in [3.8, 4) is 0 Å². The van der Waals surface area contributed by atoms with Crippen molar-refractivity contribution in [2.45, 2.75) is 10.8 Å². The second-order valence-electron chi connectivity index (χ2n) is 5.06. The van der Waals surface area contributed by atoms with Gasteiger partial charge in [-0.1, -0.05) is 58.4 Å². The SMILES string of the molecule is O=C(CSc1nnc(NCCc2cccs2)s1)Nc1c(Cl)cccc1Cl. The number of hydrogen-bond donors (Lipinski definition) is 2. The highest BCUT2D eigenvalue weighted by atomic mass is 35.5. The fourth-order valence-electron chi connectivity index (χ4n) is 2.01. The van der Waals surface area contributed by atoms with Gasteiger partial charge in [-0.15, -0.1) is 21.5 Å². The van der Waals surface area contributed by atoms with E-state index in [0.717, 1.165) is 22.4 Å². The van der Waals surface area contributed by atoms with E-state index in [9.17, 15) is 4.79 Å². The van der Waals surface area contributed by atoms with Crippen LogP contribution < -0.4 is 10.6 Å². The quantitative estimate of drug-likeness (QED) is 0.461. The number of nitrogens with one attached hydrogen (secondary N) is 2. The molecule has 3 aromatic rings. The van der Waals surface area contributed by atoms with Crippen molar-refractivity contribution in [3.05, 3.63) is 50.6 Å². The lowest BCUT2D eigenvalue weighted by Gasteiger charge is -2.08. The molecule has 3 rings (SSSR count). The Bertz CT molecular complexity index is 850. The maximum absolute atomic E-state index is 12.1. The van der Waals surface area contributed by atoms with E-state index in [1.165, 1.54) is 28.0 Å². The largest absolute Gasteiger partial charge is 0.360 e. The minimum absolute atomic E-state index is 0.200. The number of benzene rings is 1. The Morgan fingerprint density at radius 3 is 2.69 bits per heavy atom. The molecule has 0 saturated heterocycles. The van der Waals surface area contributed by atoms with E-state index in [-0.39, 0.29) is 11.7 Å². The highest BCUT2D eigenvalue weighted by Gasteiger charge is 2.12. The van der Waals surface area contributed by atoms with Gasteiger partial charge >= 0.3 is 0 Å². The predicted molar refractivity (Wildman–Crippen MR) is 112 cm³/mol. The molecule has 0 atom stereocenters. The van der Waals surface area contributed by atoms with Gasteiger partial charge in [-0.05, 0) is 30.0 Å². The van der Waals surface area contributed by atoms with E-state index < -0.39 is 0 Å². The number of amides is 1. The summed E-state index contributed by atoms with van der Waals surface area (Å²) in [6.45, 7) is 0.797. The maximum atomic E-state index is 12.1. The average molecular weight is 445 g/mol. The Morgan fingerprint density at radius 2 is 1.96 bits per heavy atom. The first-order chi connectivity index (χ1) is 12.6. The Labute approximate surface area is 173 Å². The van der Waals surface area contributed by atoms with Gasteiger partial charge < -0.3 is 10.6 Å². The molecule has 0 bridgehead atoms. The summed E-state index contributed by atoms with van der Waals surface area (Å²) in [5.74, 6) is -0.00169. The third-order valence-corrected chi connectivity index (χ3v) is 6.77. The number of thiophene rings is 1. The molecule has 1 aromatic carbocycles. The molecule has 2 aromatic heterocycles. The van der Waals surface area contributed by atoms with Gasteiger partial charge in [0.25, 0.3) is 0 Å². The number of aromatic nitrogens is 2. The Kier molecular flexibility index (Phi) is 7.15. The van der Waals surface area contributed by atoms with Gasteiger partial charge in [-0.3, -0.25) is 4.79 Å². The van der Waals surface area contributed by atoms with Crippen molar-refractivity contribution < 1.29 is 4.79 Å². The fourth-order valence-corrected chi connectivity index (χ4v) is 4.79. The van der Waals surface area contributed by atoms with Crippen LogP contribution in [0, 0.1) is 0 Å². The number of rotatable bonds is 8. The standard InChI is InChI=1S/C16H14Cl2N4OS3/c17-11-4-1-5-12(18)14(11)20-13(23)9-25-16-22-21-15(26-16)19-7-6-10-3-2-8-24-10/h1-5,8H,6-7,9H2,(H,19,21)(H,20,23). The van der Waals surface area contributed by atoms with Crippen LogP contribution in [-0.4, -0.2) is 28.4 Å². The van der Waals surface area contributed by atoms with Crippen molar-refractivity contribution in [1.82, 2.24) is 10.2 Å². The molecule has 0 unspecified atom stereocenters. The van der Waals surface area contributed by atoms with Crippen LogP contribution in [0.3, 0.4) is 0 Å². The summed E-state index contributed by atoms with van der Waals surface area (Å²) in [6, 6.07) is 9.23. The zero-order valence-electron chi connectivity index (χ0n) is 13.4. The number of carbonyl (C=O) groups excluding carboxylic acids is 1. The predicted octanol–water partition coefficient (Wildman–Crippen LogP) is 5.29. The number of anilines is 2. The number of nitrogens with zero attached hydrogens (tertiary/aromatic N) is 2. The number of carbonyl (C=O) groups is 1. The van der Waals surface area contributed by atoms with Crippen LogP contribution in [0.25, 0.3) is 0 Å². The van der Waals surface area contributed by atoms with Crippen molar-refractivity contribution >= 4 is 74.4 Å². The van der Waals surface area contributed by atoms with Crippen LogP contribution in [0.15, 0.2) is 40.1 Å². The van der Waals surface area contributed by atoms with Gasteiger partial charge in [0, 0.05) is 11.4 Å². The van der Waals surface area contributed by atoms with Crippen molar-refractivity contribution in [3.63, 3.8) is 0 Å². The number of hydrogen-bond acceptors (Lipinski definition) is 7. The lowest BCUT2D eigenvalue weighted by Crippen LogP contribution is -2.14. The second-order valence-corrected chi connectivity index (χ2v) is 9.11. The summed E-state index contributed by atoms with van der Waals surface area (Å²) in [5, 5.41) is 17.8. The Balaban J connectivity index is 1.44.